The fourth-order valence-corrected chi connectivity index (χ4v) is 4.59. The average Bonchev–Trinajstić information content (AvgIpc) is 3.07. The second-order valence-electron chi connectivity index (χ2n) is 6.25. The fourth-order valence-electron chi connectivity index (χ4n) is 3.07. The Balaban J connectivity index is 1.95. The summed E-state index contributed by atoms with van der Waals surface area (Å²) in [6, 6.07) is -0.888. The van der Waals surface area contributed by atoms with Crippen molar-refractivity contribution in [2.24, 2.45) is 5.41 Å². The summed E-state index contributed by atoms with van der Waals surface area (Å²) in [4.78, 5) is 25.4. The van der Waals surface area contributed by atoms with Crippen molar-refractivity contribution >= 4 is 23.8 Å². The molecular formula is C15H26N2O3S. The van der Waals surface area contributed by atoms with Gasteiger partial charge in [-0.3, -0.25) is 4.90 Å². The molecule has 21 heavy (non-hydrogen) atoms. The second kappa shape index (κ2) is 6.90. The zero-order chi connectivity index (χ0) is 15.5. The Hall–Kier alpha value is -0.910. The third-order valence-corrected chi connectivity index (χ3v) is 5.86. The minimum Gasteiger partial charge on any atom is -0.480 e. The summed E-state index contributed by atoms with van der Waals surface area (Å²) in [6.45, 7) is 4.91. The molecule has 6 heteroatoms. The Kier molecular flexibility index (Phi) is 5.41. The molecule has 2 atom stereocenters. The molecule has 0 aromatic rings. The van der Waals surface area contributed by atoms with Crippen molar-refractivity contribution in [2.45, 2.75) is 63.8 Å². The van der Waals surface area contributed by atoms with Gasteiger partial charge < -0.3 is 10.4 Å². The normalized spacial score (nSPS) is 26.7. The molecule has 0 spiro atoms. The molecular weight excluding hydrogens is 288 g/mol. The molecule has 1 aliphatic carbocycles. The number of aliphatic carboxylic acids is 1. The maximum atomic E-state index is 12.5. The monoisotopic (exact) mass is 314 g/mol. The van der Waals surface area contributed by atoms with Gasteiger partial charge in [0.15, 0.2) is 0 Å². The number of carboxylic acids is 1. The average molecular weight is 314 g/mol. The predicted molar refractivity (Wildman–Crippen MR) is 84.4 cm³/mol. The van der Waals surface area contributed by atoms with Crippen LogP contribution in [0, 0.1) is 5.41 Å². The number of carbonyl (C=O) groups excluding carboxylic acids is 1. The minimum absolute atomic E-state index is 0.00238. The molecule has 2 aliphatic rings. The van der Waals surface area contributed by atoms with Crippen LogP contribution in [0.5, 0.6) is 0 Å². The summed E-state index contributed by atoms with van der Waals surface area (Å²) < 4.78 is 0. The van der Waals surface area contributed by atoms with E-state index in [1.807, 2.05) is 0 Å². The zero-order valence-electron chi connectivity index (χ0n) is 12.9. The number of urea groups is 1. The molecule has 0 radical (unpaired) electrons. The summed E-state index contributed by atoms with van der Waals surface area (Å²) >= 11 is 1.58. The third-order valence-electron chi connectivity index (χ3n) is 4.50. The first-order valence-corrected chi connectivity index (χ1v) is 8.98. The molecule has 0 aromatic heterocycles. The van der Waals surface area contributed by atoms with E-state index in [4.69, 9.17) is 0 Å². The highest BCUT2D eigenvalue weighted by Crippen LogP contribution is 2.49. The van der Waals surface area contributed by atoms with Crippen LogP contribution in [0.25, 0.3) is 0 Å². The second-order valence-corrected chi connectivity index (χ2v) is 7.46. The quantitative estimate of drug-likeness (QED) is 0.758. The van der Waals surface area contributed by atoms with Crippen molar-refractivity contribution in [1.82, 2.24) is 10.2 Å². The molecule has 2 unspecified atom stereocenters. The first-order chi connectivity index (χ1) is 10.0. The number of nitrogens with one attached hydrogen (secondary N) is 1. The number of hydrogen-bond acceptors (Lipinski definition) is 3. The predicted octanol–water partition coefficient (Wildman–Crippen LogP) is 2.90. The lowest BCUT2D eigenvalue weighted by Crippen LogP contribution is -2.51. The van der Waals surface area contributed by atoms with E-state index in [1.54, 1.807) is 16.7 Å². The molecule has 2 amide bonds. The highest BCUT2D eigenvalue weighted by Gasteiger charge is 2.44. The largest absolute Gasteiger partial charge is 0.480 e. The van der Waals surface area contributed by atoms with Crippen LogP contribution in [0.3, 0.4) is 0 Å². The lowest BCUT2D eigenvalue weighted by Gasteiger charge is -2.28. The third kappa shape index (κ3) is 3.84. The zero-order valence-corrected chi connectivity index (χ0v) is 13.7. The molecule has 120 valence electrons. The highest BCUT2D eigenvalue weighted by molar-refractivity contribution is 8.00. The highest BCUT2D eigenvalue weighted by atomic mass is 32.2. The van der Waals surface area contributed by atoms with Gasteiger partial charge in [-0.25, -0.2) is 9.59 Å². The molecule has 0 aromatic carbocycles. The molecule has 2 N–H and O–H groups in total. The SMILES string of the molecule is CCCC1SCC(C(=O)O)N1C(=O)NCC1(CCC)CC1. The number of carbonyl (C=O) groups is 2. The smallest absolute Gasteiger partial charge is 0.327 e. The van der Waals surface area contributed by atoms with Crippen LogP contribution in [0.4, 0.5) is 4.79 Å². The first kappa shape index (κ1) is 16.5. The Bertz CT molecular complexity index is 398. The van der Waals surface area contributed by atoms with Crippen LogP contribution in [-0.2, 0) is 4.79 Å². The van der Waals surface area contributed by atoms with Gasteiger partial charge in [-0.2, -0.15) is 0 Å². The van der Waals surface area contributed by atoms with Gasteiger partial charge in [0.1, 0.15) is 6.04 Å². The number of amides is 2. The van der Waals surface area contributed by atoms with Crippen LogP contribution in [-0.4, -0.2) is 45.7 Å². The van der Waals surface area contributed by atoms with Crippen LogP contribution < -0.4 is 5.32 Å². The van der Waals surface area contributed by atoms with Crippen LogP contribution in [0.15, 0.2) is 0 Å². The van der Waals surface area contributed by atoms with Crippen LogP contribution in [0.2, 0.25) is 0 Å². The molecule has 5 nitrogen and oxygen atoms in total. The summed E-state index contributed by atoms with van der Waals surface area (Å²) in [5.74, 6) is -0.404. The van der Waals surface area contributed by atoms with E-state index in [0.717, 1.165) is 25.7 Å². The van der Waals surface area contributed by atoms with Gasteiger partial charge in [0, 0.05) is 12.3 Å². The summed E-state index contributed by atoms with van der Waals surface area (Å²) in [5.41, 5.74) is 0.288. The van der Waals surface area contributed by atoms with Gasteiger partial charge in [-0.05, 0) is 31.1 Å². The van der Waals surface area contributed by atoms with E-state index in [9.17, 15) is 14.7 Å². The van der Waals surface area contributed by atoms with E-state index in [0.29, 0.717) is 12.3 Å². The minimum atomic E-state index is -0.897. The molecule has 1 heterocycles. The van der Waals surface area contributed by atoms with E-state index in [1.165, 1.54) is 12.8 Å². The van der Waals surface area contributed by atoms with Crippen molar-refractivity contribution in [1.29, 1.82) is 0 Å². The van der Waals surface area contributed by atoms with Crippen molar-refractivity contribution in [3.8, 4) is 0 Å². The lowest BCUT2D eigenvalue weighted by atomic mass is 10.0. The van der Waals surface area contributed by atoms with Gasteiger partial charge >= 0.3 is 12.0 Å². The number of carboxylic acid groups (broad SMARTS) is 1. The maximum absolute atomic E-state index is 12.5. The van der Waals surface area contributed by atoms with E-state index in [-0.39, 0.29) is 16.8 Å². The molecule has 1 saturated carbocycles. The maximum Gasteiger partial charge on any atom is 0.327 e. The van der Waals surface area contributed by atoms with Crippen molar-refractivity contribution < 1.29 is 14.7 Å². The Morgan fingerprint density at radius 2 is 2.05 bits per heavy atom. The molecule has 1 saturated heterocycles. The Morgan fingerprint density at radius 3 is 2.57 bits per heavy atom. The summed E-state index contributed by atoms with van der Waals surface area (Å²) in [5, 5.41) is 12.3. The molecule has 2 fully saturated rings. The number of nitrogens with zero attached hydrogens (tertiary/aromatic N) is 1. The van der Waals surface area contributed by atoms with Crippen LogP contribution in [0.1, 0.15) is 52.4 Å². The van der Waals surface area contributed by atoms with Crippen molar-refractivity contribution in [3.63, 3.8) is 0 Å². The van der Waals surface area contributed by atoms with E-state index < -0.39 is 12.0 Å². The van der Waals surface area contributed by atoms with Gasteiger partial charge in [0.2, 0.25) is 0 Å². The topological polar surface area (TPSA) is 69.6 Å². The standard InChI is InChI=1S/C15H26N2O3S/c1-3-5-12-17(11(9-21-12)13(18)19)14(20)16-10-15(6-4-2)7-8-15/h11-12H,3-10H2,1-2H3,(H,16,20)(H,18,19). The van der Waals surface area contributed by atoms with E-state index >= 15 is 0 Å². The van der Waals surface area contributed by atoms with Gasteiger partial charge in [-0.1, -0.05) is 26.7 Å². The van der Waals surface area contributed by atoms with E-state index in [2.05, 4.69) is 19.2 Å². The lowest BCUT2D eigenvalue weighted by molar-refractivity contribution is -0.141. The van der Waals surface area contributed by atoms with Gasteiger partial charge in [0.25, 0.3) is 0 Å². The first-order valence-electron chi connectivity index (χ1n) is 7.93. The Morgan fingerprint density at radius 1 is 1.33 bits per heavy atom. The number of thioether (sulfide) groups is 1. The summed E-state index contributed by atoms with van der Waals surface area (Å²) in [6.07, 6.45) is 6.43. The molecule has 1 aliphatic heterocycles. The van der Waals surface area contributed by atoms with Crippen molar-refractivity contribution in [2.75, 3.05) is 12.3 Å². The fraction of sp³-hybridized carbons (Fsp3) is 0.867. The van der Waals surface area contributed by atoms with Crippen LogP contribution >= 0.6 is 11.8 Å². The molecule has 2 rings (SSSR count). The van der Waals surface area contributed by atoms with Gasteiger partial charge in [0.05, 0.1) is 5.37 Å². The van der Waals surface area contributed by atoms with Gasteiger partial charge in [-0.15, -0.1) is 11.8 Å². The number of hydrogen-bond donors (Lipinski definition) is 2. The van der Waals surface area contributed by atoms with Crippen molar-refractivity contribution in [3.05, 3.63) is 0 Å². The summed E-state index contributed by atoms with van der Waals surface area (Å²) in [7, 11) is 0. The number of rotatable bonds is 7. The Labute approximate surface area is 130 Å². The molecule has 0 bridgehead atoms.